The molecular weight excluding hydrogens is 585 g/mol. The lowest BCUT2D eigenvalue weighted by Gasteiger charge is -2.25. The van der Waals surface area contributed by atoms with Gasteiger partial charge in [0.15, 0.2) is 0 Å². The Kier molecular flexibility index (Phi) is 7.55. The van der Waals surface area contributed by atoms with E-state index in [0.29, 0.717) is 0 Å². The zero-order chi connectivity index (χ0) is 33.8. The van der Waals surface area contributed by atoms with Crippen LogP contribution in [0.5, 0.6) is 0 Å². The SMILES string of the molecule is C=Cc1nc(-c2ccc(-c3cccc4c(-c5ccc(-c6nc7ccccc7n6C(C)(C)C)cc5)cccc34)cc2)n(C(C)(C)C)c1C=C. The minimum absolute atomic E-state index is 0.106. The minimum atomic E-state index is -0.169. The number of hydrogen-bond acceptors (Lipinski definition) is 2. The first-order chi connectivity index (χ1) is 23.0. The van der Waals surface area contributed by atoms with Crippen molar-refractivity contribution >= 4 is 34.0 Å². The monoisotopic (exact) mass is 626 g/mol. The highest BCUT2D eigenvalue weighted by molar-refractivity contribution is 6.04. The fourth-order valence-electron chi connectivity index (χ4n) is 6.98. The van der Waals surface area contributed by atoms with Gasteiger partial charge in [0.25, 0.3) is 0 Å². The zero-order valence-electron chi connectivity index (χ0n) is 28.8. The molecule has 0 bridgehead atoms. The number of fused-ring (bicyclic) bond motifs is 2. The second kappa shape index (κ2) is 11.6. The Morgan fingerprint density at radius 1 is 0.500 bits per heavy atom. The minimum Gasteiger partial charge on any atom is -0.319 e. The van der Waals surface area contributed by atoms with Crippen LogP contribution in [0.1, 0.15) is 52.9 Å². The van der Waals surface area contributed by atoms with Crippen molar-refractivity contribution in [1.29, 1.82) is 0 Å². The van der Waals surface area contributed by atoms with Crippen LogP contribution >= 0.6 is 0 Å². The third-order valence-electron chi connectivity index (χ3n) is 9.06. The summed E-state index contributed by atoms with van der Waals surface area (Å²) in [5, 5.41) is 2.45. The molecule has 4 heteroatoms. The standard InChI is InChI=1S/C44H42N4/c1-9-37-39(10-2)47(43(3,4)5)41(45-37)31-25-21-29(22-26-31)33-15-13-18-36-34(16-14-17-35(33)36)30-23-27-32(28-24-30)42-46-38-19-11-12-20-40(38)48(42)44(6,7)8/h9-28H,1-2H2,3-8H3. The van der Waals surface area contributed by atoms with Gasteiger partial charge in [-0.15, -0.1) is 0 Å². The van der Waals surface area contributed by atoms with Crippen LogP contribution in [0.3, 0.4) is 0 Å². The van der Waals surface area contributed by atoms with Gasteiger partial charge < -0.3 is 9.13 Å². The summed E-state index contributed by atoms with van der Waals surface area (Å²) in [5.41, 5.74) is 10.7. The number of imidazole rings is 2. The van der Waals surface area contributed by atoms with Crippen LogP contribution in [-0.2, 0) is 11.1 Å². The van der Waals surface area contributed by atoms with E-state index in [0.717, 1.165) is 45.2 Å². The average Bonchev–Trinajstić information content (AvgIpc) is 3.67. The molecule has 7 aromatic rings. The Hall–Kier alpha value is -5.48. The molecule has 0 aliphatic rings. The molecule has 0 saturated carbocycles. The van der Waals surface area contributed by atoms with Crippen LogP contribution in [-0.4, -0.2) is 19.1 Å². The second-order valence-corrected chi connectivity index (χ2v) is 14.4. The quantitative estimate of drug-likeness (QED) is 0.184. The average molecular weight is 627 g/mol. The molecule has 0 N–H and O–H groups in total. The summed E-state index contributed by atoms with van der Waals surface area (Å²) < 4.78 is 4.60. The van der Waals surface area contributed by atoms with Gasteiger partial charge in [-0.25, -0.2) is 9.97 Å². The molecule has 7 rings (SSSR count). The van der Waals surface area contributed by atoms with E-state index < -0.39 is 0 Å². The van der Waals surface area contributed by atoms with Gasteiger partial charge in [0, 0.05) is 22.2 Å². The third-order valence-corrected chi connectivity index (χ3v) is 9.06. The molecule has 0 saturated heterocycles. The molecule has 0 aliphatic heterocycles. The van der Waals surface area contributed by atoms with Gasteiger partial charge in [0.1, 0.15) is 11.6 Å². The van der Waals surface area contributed by atoms with Gasteiger partial charge in [0.2, 0.25) is 0 Å². The molecule has 0 amide bonds. The fourth-order valence-corrected chi connectivity index (χ4v) is 6.98. The summed E-state index contributed by atoms with van der Waals surface area (Å²) in [6, 6.07) is 39.2. The van der Waals surface area contributed by atoms with E-state index in [1.807, 2.05) is 6.08 Å². The predicted molar refractivity (Wildman–Crippen MR) is 205 cm³/mol. The van der Waals surface area contributed by atoms with E-state index in [1.54, 1.807) is 6.08 Å². The molecule has 0 unspecified atom stereocenters. The van der Waals surface area contributed by atoms with E-state index in [2.05, 4.69) is 173 Å². The van der Waals surface area contributed by atoms with E-state index in [4.69, 9.17) is 9.97 Å². The number of rotatable bonds is 6. The number of para-hydroxylation sites is 2. The van der Waals surface area contributed by atoms with Crippen molar-refractivity contribution in [2.45, 2.75) is 52.6 Å². The van der Waals surface area contributed by atoms with Crippen LogP contribution in [0, 0.1) is 0 Å². The number of hydrogen-bond donors (Lipinski definition) is 0. The maximum Gasteiger partial charge on any atom is 0.141 e. The van der Waals surface area contributed by atoms with Crippen LogP contribution in [0.4, 0.5) is 0 Å². The van der Waals surface area contributed by atoms with E-state index in [-0.39, 0.29) is 11.1 Å². The van der Waals surface area contributed by atoms with Gasteiger partial charge in [-0.2, -0.15) is 0 Å². The summed E-state index contributed by atoms with van der Waals surface area (Å²) in [6.07, 6.45) is 3.68. The smallest absolute Gasteiger partial charge is 0.141 e. The Bertz CT molecular complexity index is 2320. The van der Waals surface area contributed by atoms with Crippen LogP contribution < -0.4 is 0 Å². The molecule has 0 fully saturated rings. The van der Waals surface area contributed by atoms with Crippen molar-refractivity contribution in [2.75, 3.05) is 0 Å². The van der Waals surface area contributed by atoms with Crippen LogP contribution in [0.15, 0.2) is 122 Å². The van der Waals surface area contributed by atoms with Gasteiger partial charge in [-0.05, 0) is 98.9 Å². The Labute approximate surface area is 283 Å². The van der Waals surface area contributed by atoms with E-state index in [1.165, 1.54) is 33.0 Å². The molecule has 0 atom stereocenters. The fraction of sp³-hybridized carbons (Fsp3) is 0.182. The van der Waals surface area contributed by atoms with Crippen molar-refractivity contribution < 1.29 is 0 Å². The summed E-state index contributed by atoms with van der Waals surface area (Å²) >= 11 is 0. The maximum absolute atomic E-state index is 5.05. The molecule has 5 aromatic carbocycles. The topological polar surface area (TPSA) is 35.6 Å². The van der Waals surface area contributed by atoms with Gasteiger partial charge in [-0.1, -0.05) is 110 Å². The van der Waals surface area contributed by atoms with Crippen molar-refractivity contribution in [3.63, 3.8) is 0 Å². The van der Waals surface area contributed by atoms with Crippen molar-refractivity contribution in [1.82, 2.24) is 19.1 Å². The number of nitrogens with zero attached hydrogens (tertiary/aromatic N) is 4. The number of benzene rings is 5. The van der Waals surface area contributed by atoms with E-state index in [9.17, 15) is 0 Å². The van der Waals surface area contributed by atoms with Crippen LogP contribution in [0.2, 0.25) is 0 Å². The largest absolute Gasteiger partial charge is 0.319 e. The Morgan fingerprint density at radius 2 is 0.979 bits per heavy atom. The van der Waals surface area contributed by atoms with Crippen molar-refractivity contribution in [3.05, 3.63) is 134 Å². The lowest BCUT2D eigenvalue weighted by Crippen LogP contribution is -2.24. The third kappa shape index (κ3) is 5.28. The highest BCUT2D eigenvalue weighted by Crippen LogP contribution is 2.38. The van der Waals surface area contributed by atoms with Crippen molar-refractivity contribution in [3.8, 4) is 45.0 Å². The summed E-state index contributed by atoms with van der Waals surface area (Å²) in [4.78, 5) is 10.0. The molecule has 48 heavy (non-hydrogen) atoms. The summed E-state index contributed by atoms with van der Waals surface area (Å²) in [6.45, 7) is 21.3. The summed E-state index contributed by atoms with van der Waals surface area (Å²) in [7, 11) is 0. The number of aromatic nitrogens is 4. The van der Waals surface area contributed by atoms with E-state index >= 15 is 0 Å². The van der Waals surface area contributed by atoms with Crippen molar-refractivity contribution in [2.24, 2.45) is 0 Å². The van der Waals surface area contributed by atoms with Crippen LogP contribution in [0.25, 0.3) is 79.0 Å². The zero-order valence-corrected chi connectivity index (χ0v) is 28.8. The normalized spacial score (nSPS) is 12.1. The molecule has 0 aliphatic carbocycles. The predicted octanol–water partition coefficient (Wildman–Crippen LogP) is 11.8. The molecule has 238 valence electrons. The molecule has 0 radical (unpaired) electrons. The highest BCUT2D eigenvalue weighted by Gasteiger charge is 2.25. The first-order valence-electron chi connectivity index (χ1n) is 16.6. The Balaban J connectivity index is 1.26. The molecule has 2 heterocycles. The summed E-state index contributed by atoms with van der Waals surface area (Å²) in [5.74, 6) is 1.91. The first-order valence-corrected chi connectivity index (χ1v) is 16.6. The molecule has 0 spiro atoms. The second-order valence-electron chi connectivity index (χ2n) is 14.4. The lowest BCUT2D eigenvalue weighted by atomic mass is 9.92. The lowest BCUT2D eigenvalue weighted by molar-refractivity contribution is 0.399. The first kappa shape index (κ1) is 31.1. The van der Waals surface area contributed by atoms with Gasteiger partial charge >= 0.3 is 0 Å². The maximum atomic E-state index is 5.05. The molecule has 4 nitrogen and oxygen atoms in total. The molecule has 2 aromatic heterocycles. The molecular formula is C44H42N4. The highest BCUT2D eigenvalue weighted by atomic mass is 15.1. The Morgan fingerprint density at radius 3 is 1.46 bits per heavy atom. The van der Waals surface area contributed by atoms with Gasteiger partial charge in [-0.3, -0.25) is 0 Å². The van der Waals surface area contributed by atoms with Gasteiger partial charge in [0.05, 0.1) is 22.4 Å².